The van der Waals surface area contributed by atoms with Gasteiger partial charge in [0.2, 0.25) is 5.91 Å². The van der Waals surface area contributed by atoms with Crippen molar-refractivity contribution >= 4 is 42.4 Å². The van der Waals surface area contributed by atoms with Gasteiger partial charge in [0.25, 0.3) is 0 Å². The lowest BCUT2D eigenvalue weighted by Gasteiger charge is -2.18. The van der Waals surface area contributed by atoms with Crippen LogP contribution < -0.4 is 14.4 Å². The second kappa shape index (κ2) is 9.63. The zero-order chi connectivity index (χ0) is 23.4. The number of aromatic nitrogens is 1. The maximum absolute atomic E-state index is 13.2. The van der Waals surface area contributed by atoms with E-state index in [0.717, 1.165) is 10.2 Å². The summed E-state index contributed by atoms with van der Waals surface area (Å²) in [4.78, 5) is 19.4. The third kappa shape index (κ3) is 5.18. The number of hydrogen-bond donors (Lipinski definition) is 0. The Bertz CT molecular complexity index is 1350. The first-order valence-electron chi connectivity index (χ1n) is 10.0. The van der Waals surface area contributed by atoms with Gasteiger partial charge in [-0.2, -0.15) is 0 Å². The molecule has 4 rings (SSSR count). The Labute approximate surface area is 195 Å². The molecule has 0 radical (unpaired) electrons. The summed E-state index contributed by atoms with van der Waals surface area (Å²) in [7, 11) is -0.561. The van der Waals surface area contributed by atoms with E-state index in [1.165, 1.54) is 41.7 Å². The molecule has 1 amide bonds. The normalized spacial score (nSPS) is 11.5. The number of rotatable bonds is 9. The first-order valence-corrected chi connectivity index (χ1v) is 12.5. The highest BCUT2D eigenvalue weighted by atomic mass is 32.2. The first kappa shape index (κ1) is 22.8. The predicted molar refractivity (Wildman–Crippen MR) is 126 cm³/mol. The predicted octanol–water partition coefficient (Wildman–Crippen LogP) is 4.30. The van der Waals surface area contributed by atoms with Crippen molar-refractivity contribution in [3.63, 3.8) is 0 Å². The van der Waals surface area contributed by atoms with E-state index in [1.807, 2.05) is 12.1 Å². The quantitative estimate of drug-likeness (QED) is 0.348. The van der Waals surface area contributed by atoms with Crippen LogP contribution in [0.5, 0.6) is 11.5 Å². The van der Waals surface area contributed by atoms with E-state index < -0.39 is 9.84 Å². The maximum Gasteiger partial charge on any atom is 0.230 e. The van der Waals surface area contributed by atoms with Gasteiger partial charge in [-0.1, -0.05) is 11.3 Å². The molecule has 2 aromatic carbocycles. The minimum absolute atomic E-state index is 0.140. The first-order chi connectivity index (χ1) is 15.9. The van der Waals surface area contributed by atoms with Crippen LogP contribution in [-0.2, 0) is 21.2 Å². The largest absolute Gasteiger partial charge is 0.497 e. The summed E-state index contributed by atoms with van der Waals surface area (Å²) in [5, 5.41) is 0.460. The molecule has 0 aliphatic heterocycles. The van der Waals surface area contributed by atoms with Crippen LogP contribution in [0.2, 0.25) is 0 Å². The molecule has 0 aliphatic carbocycles. The van der Waals surface area contributed by atoms with Crippen LogP contribution in [0.3, 0.4) is 0 Å². The van der Waals surface area contributed by atoms with Crippen LogP contribution in [0, 0.1) is 0 Å². The van der Waals surface area contributed by atoms with Crippen molar-refractivity contribution in [1.29, 1.82) is 0 Å². The van der Waals surface area contributed by atoms with Gasteiger partial charge < -0.3 is 13.9 Å². The highest BCUT2D eigenvalue weighted by Gasteiger charge is 2.24. The zero-order valence-corrected chi connectivity index (χ0v) is 19.7. The van der Waals surface area contributed by atoms with E-state index in [-0.39, 0.29) is 29.5 Å². The van der Waals surface area contributed by atoms with Crippen molar-refractivity contribution in [2.24, 2.45) is 0 Å². The number of amides is 1. The highest BCUT2D eigenvalue weighted by Crippen LogP contribution is 2.32. The van der Waals surface area contributed by atoms with Gasteiger partial charge in [0.1, 0.15) is 17.3 Å². The van der Waals surface area contributed by atoms with Crippen LogP contribution >= 0.6 is 11.3 Å². The third-order valence-corrected chi connectivity index (χ3v) is 7.79. The number of furan rings is 1. The number of anilines is 1. The SMILES string of the molecule is COc1ccc(S(=O)(=O)CCC(=O)N(Cc2ccco2)c2nc3ccc(OC)cc3s2)cc1. The van der Waals surface area contributed by atoms with Gasteiger partial charge in [-0.3, -0.25) is 9.69 Å². The van der Waals surface area contributed by atoms with Gasteiger partial charge in [0.15, 0.2) is 15.0 Å². The van der Waals surface area contributed by atoms with Crippen molar-refractivity contribution in [2.45, 2.75) is 17.9 Å². The minimum atomic E-state index is -3.65. The number of nitrogens with zero attached hydrogens (tertiary/aromatic N) is 2. The second-order valence-electron chi connectivity index (χ2n) is 7.13. The molecular weight excluding hydrogens is 464 g/mol. The van der Waals surface area contributed by atoms with E-state index in [9.17, 15) is 13.2 Å². The Morgan fingerprint density at radius 3 is 2.45 bits per heavy atom. The van der Waals surface area contributed by atoms with Gasteiger partial charge >= 0.3 is 0 Å². The van der Waals surface area contributed by atoms with Crippen molar-refractivity contribution in [3.8, 4) is 11.5 Å². The molecule has 0 spiro atoms. The molecule has 10 heteroatoms. The van der Waals surface area contributed by atoms with E-state index in [4.69, 9.17) is 13.9 Å². The summed E-state index contributed by atoms with van der Waals surface area (Å²) in [6.45, 7) is 0.144. The molecule has 0 N–H and O–H groups in total. The van der Waals surface area contributed by atoms with Crippen LogP contribution in [0.1, 0.15) is 12.2 Å². The molecule has 2 heterocycles. The van der Waals surface area contributed by atoms with Crippen LogP contribution in [0.15, 0.2) is 70.2 Å². The molecule has 4 aromatic rings. The van der Waals surface area contributed by atoms with Crippen LogP contribution in [-0.4, -0.2) is 39.3 Å². The summed E-state index contributed by atoms with van der Waals surface area (Å²) < 4.78 is 42.1. The van der Waals surface area contributed by atoms with Gasteiger partial charge in [-0.15, -0.1) is 0 Å². The zero-order valence-electron chi connectivity index (χ0n) is 18.1. The van der Waals surface area contributed by atoms with Gasteiger partial charge in [0, 0.05) is 6.42 Å². The van der Waals surface area contributed by atoms with E-state index in [0.29, 0.717) is 22.4 Å². The molecule has 0 fully saturated rings. The van der Waals surface area contributed by atoms with Crippen molar-refractivity contribution in [2.75, 3.05) is 24.9 Å². The number of hydrogen-bond acceptors (Lipinski definition) is 8. The Balaban J connectivity index is 1.57. The fraction of sp³-hybridized carbons (Fsp3) is 0.217. The molecule has 0 saturated heterocycles. The summed E-state index contributed by atoms with van der Waals surface area (Å²) >= 11 is 1.33. The number of sulfone groups is 1. The van der Waals surface area contributed by atoms with Crippen LogP contribution in [0.25, 0.3) is 10.2 Å². The number of carbonyl (C=O) groups excluding carboxylic acids is 1. The Kier molecular flexibility index (Phi) is 6.66. The Hall–Kier alpha value is -3.37. The number of thiazole rings is 1. The van der Waals surface area contributed by atoms with Gasteiger partial charge in [0.05, 0.1) is 47.9 Å². The average Bonchev–Trinajstić information content (AvgIpc) is 3.50. The lowest BCUT2D eigenvalue weighted by Crippen LogP contribution is -2.31. The number of fused-ring (bicyclic) bond motifs is 1. The number of methoxy groups -OCH3 is 2. The Morgan fingerprint density at radius 2 is 1.79 bits per heavy atom. The molecular formula is C23H22N2O6S2. The summed E-state index contributed by atoms with van der Waals surface area (Å²) in [5.41, 5.74) is 0.721. The van der Waals surface area contributed by atoms with Crippen LogP contribution in [0.4, 0.5) is 5.13 Å². The maximum atomic E-state index is 13.2. The minimum Gasteiger partial charge on any atom is -0.497 e. The van der Waals surface area contributed by atoms with E-state index in [2.05, 4.69) is 4.98 Å². The molecule has 0 saturated carbocycles. The Morgan fingerprint density at radius 1 is 1.06 bits per heavy atom. The molecule has 8 nitrogen and oxygen atoms in total. The smallest absolute Gasteiger partial charge is 0.230 e. The molecule has 0 bridgehead atoms. The van der Waals surface area contributed by atoms with Gasteiger partial charge in [-0.25, -0.2) is 13.4 Å². The number of carbonyl (C=O) groups is 1. The molecule has 172 valence electrons. The van der Waals surface area contributed by atoms with Crippen molar-refractivity contribution in [3.05, 3.63) is 66.6 Å². The molecule has 0 atom stereocenters. The lowest BCUT2D eigenvalue weighted by atomic mass is 10.3. The topological polar surface area (TPSA) is 98.9 Å². The van der Waals surface area contributed by atoms with Crippen molar-refractivity contribution < 1.29 is 27.1 Å². The van der Waals surface area contributed by atoms with Crippen molar-refractivity contribution in [1.82, 2.24) is 4.98 Å². The molecule has 2 aromatic heterocycles. The molecule has 0 aliphatic rings. The third-order valence-electron chi connectivity index (χ3n) is 5.01. The molecule has 0 unspecified atom stereocenters. The average molecular weight is 487 g/mol. The summed E-state index contributed by atoms with van der Waals surface area (Å²) in [6, 6.07) is 15.0. The number of ether oxygens (including phenoxy) is 2. The summed E-state index contributed by atoms with van der Waals surface area (Å²) in [6.07, 6.45) is 1.32. The number of benzene rings is 2. The highest BCUT2D eigenvalue weighted by molar-refractivity contribution is 7.91. The van der Waals surface area contributed by atoms with E-state index >= 15 is 0 Å². The fourth-order valence-electron chi connectivity index (χ4n) is 3.21. The monoisotopic (exact) mass is 486 g/mol. The second-order valence-corrected chi connectivity index (χ2v) is 10.3. The lowest BCUT2D eigenvalue weighted by molar-refractivity contribution is -0.118. The molecule has 33 heavy (non-hydrogen) atoms. The summed E-state index contributed by atoms with van der Waals surface area (Å²) in [5.74, 6) is 1.12. The fourth-order valence-corrected chi connectivity index (χ4v) is 5.45. The standard InChI is InChI=1S/C23H22N2O6S2/c1-29-16-5-8-19(9-6-16)33(27,28)13-11-22(26)25(15-18-4-3-12-31-18)23-24-20-10-7-17(30-2)14-21(20)32-23/h3-10,12,14H,11,13,15H2,1-2H3. The van der Waals surface area contributed by atoms with Gasteiger partial charge in [-0.05, 0) is 54.6 Å². The van der Waals surface area contributed by atoms with E-state index in [1.54, 1.807) is 37.4 Å².